The number of benzene rings is 1. The molecular formula is C18H14N2O3S2. The second-order valence-electron chi connectivity index (χ2n) is 5.11. The van der Waals surface area contributed by atoms with Gasteiger partial charge in [-0.3, -0.25) is 14.4 Å². The topological polar surface area (TPSA) is 75.3 Å². The lowest BCUT2D eigenvalue weighted by Gasteiger charge is -2.05. The zero-order valence-corrected chi connectivity index (χ0v) is 14.7. The fourth-order valence-electron chi connectivity index (χ4n) is 2.09. The molecule has 7 heteroatoms. The molecule has 3 rings (SSSR count). The van der Waals surface area contributed by atoms with Crippen LogP contribution in [0.5, 0.6) is 0 Å². The number of anilines is 1. The van der Waals surface area contributed by atoms with Crippen molar-refractivity contribution in [3.05, 3.63) is 74.6 Å². The van der Waals surface area contributed by atoms with Crippen molar-refractivity contribution < 1.29 is 14.4 Å². The van der Waals surface area contributed by atoms with Crippen LogP contribution in [-0.4, -0.2) is 17.6 Å². The van der Waals surface area contributed by atoms with Crippen LogP contribution in [0.2, 0.25) is 0 Å². The van der Waals surface area contributed by atoms with Crippen LogP contribution < -0.4 is 10.6 Å². The van der Waals surface area contributed by atoms with Gasteiger partial charge in [0.1, 0.15) is 0 Å². The predicted molar refractivity (Wildman–Crippen MR) is 99.0 cm³/mol. The van der Waals surface area contributed by atoms with Crippen molar-refractivity contribution in [1.29, 1.82) is 0 Å². The van der Waals surface area contributed by atoms with E-state index < -0.39 is 11.8 Å². The Balaban J connectivity index is 1.54. The molecule has 5 nitrogen and oxygen atoms in total. The van der Waals surface area contributed by atoms with Crippen LogP contribution in [0.25, 0.3) is 0 Å². The number of carbonyl (C=O) groups is 3. The highest BCUT2D eigenvalue weighted by Crippen LogP contribution is 2.21. The smallest absolute Gasteiger partial charge is 0.313 e. The van der Waals surface area contributed by atoms with Crippen LogP contribution in [0.15, 0.2) is 59.3 Å². The van der Waals surface area contributed by atoms with Crippen molar-refractivity contribution in [1.82, 2.24) is 5.32 Å². The highest BCUT2D eigenvalue weighted by molar-refractivity contribution is 7.14. The van der Waals surface area contributed by atoms with Gasteiger partial charge >= 0.3 is 11.8 Å². The Morgan fingerprint density at radius 3 is 2.44 bits per heavy atom. The maximum atomic E-state index is 12.2. The number of hydrogen-bond acceptors (Lipinski definition) is 5. The van der Waals surface area contributed by atoms with Gasteiger partial charge in [0, 0.05) is 21.5 Å². The minimum absolute atomic E-state index is 0.0364. The van der Waals surface area contributed by atoms with Gasteiger partial charge in [-0.2, -0.15) is 11.3 Å². The van der Waals surface area contributed by atoms with E-state index in [-0.39, 0.29) is 12.3 Å². The Hall–Kier alpha value is -2.77. The number of ketones is 1. The Bertz CT molecular complexity index is 886. The second kappa shape index (κ2) is 7.87. The molecule has 1 aromatic carbocycles. The normalized spacial score (nSPS) is 10.2. The van der Waals surface area contributed by atoms with Crippen molar-refractivity contribution in [2.45, 2.75) is 6.54 Å². The zero-order valence-electron chi connectivity index (χ0n) is 13.0. The molecule has 0 spiro atoms. The van der Waals surface area contributed by atoms with Gasteiger partial charge in [-0.1, -0.05) is 18.2 Å². The number of amides is 2. The zero-order chi connectivity index (χ0) is 17.6. The summed E-state index contributed by atoms with van der Waals surface area (Å²) in [6, 6.07) is 14.1. The van der Waals surface area contributed by atoms with Gasteiger partial charge < -0.3 is 10.6 Å². The number of rotatable bonds is 5. The monoisotopic (exact) mass is 370 g/mol. The van der Waals surface area contributed by atoms with Crippen molar-refractivity contribution in [2.75, 3.05) is 5.32 Å². The first kappa shape index (κ1) is 17.1. The Labute approximate surface area is 152 Å². The largest absolute Gasteiger partial charge is 0.343 e. The third-order valence-electron chi connectivity index (χ3n) is 3.33. The standard InChI is InChI=1S/C18H14N2O3S2/c21-16(12-8-9-24-11-12)15-7-6-14(25-15)10-19-17(22)18(23)20-13-4-2-1-3-5-13/h1-9,11H,10H2,(H,19,22)(H,20,23). The van der Waals surface area contributed by atoms with Gasteiger partial charge in [0.25, 0.3) is 0 Å². The van der Waals surface area contributed by atoms with Crippen molar-refractivity contribution in [3.8, 4) is 0 Å². The summed E-state index contributed by atoms with van der Waals surface area (Å²) in [5, 5.41) is 8.73. The molecule has 0 saturated heterocycles. The molecule has 0 radical (unpaired) electrons. The quantitative estimate of drug-likeness (QED) is 0.534. The average Bonchev–Trinajstić information content (AvgIpc) is 3.32. The molecule has 2 heterocycles. The van der Waals surface area contributed by atoms with E-state index >= 15 is 0 Å². The van der Waals surface area contributed by atoms with Crippen LogP contribution in [-0.2, 0) is 16.1 Å². The lowest BCUT2D eigenvalue weighted by Crippen LogP contribution is -2.34. The van der Waals surface area contributed by atoms with Crippen LogP contribution in [0.4, 0.5) is 5.69 Å². The molecule has 2 amide bonds. The molecule has 0 fully saturated rings. The first-order valence-corrected chi connectivity index (χ1v) is 9.19. The van der Waals surface area contributed by atoms with E-state index in [4.69, 9.17) is 0 Å². The molecule has 25 heavy (non-hydrogen) atoms. The third-order valence-corrected chi connectivity index (χ3v) is 5.10. The summed E-state index contributed by atoms with van der Waals surface area (Å²) in [5.41, 5.74) is 1.21. The summed E-state index contributed by atoms with van der Waals surface area (Å²) in [4.78, 5) is 37.3. The molecule has 0 aliphatic heterocycles. The summed E-state index contributed by atoms with van der Waals surface area (Å²) in [6.07, 6.45) is 0. The summed E-state index contributed by atoms with van der Waals surface area (Å²) >= 11 is 2.78. The maximum Gasteiger partial charge on any atom is 0.313 e. The van der Waals surface area contributed by atoms with Gasteiger partial charge in [0.15, 0.2) is 0 Å². The van der Waals surface area contributed by atoms with Gasteiger partial charge in [-0.25, -0.2) is 0 Å². The third kappa shape index (κ3) is 4.40. The van der Waals surface area contributed by atoms with Crippen molar-refractivity contribution in [3.63, 3.8) is 0 Å². The molecule has 126 valence electrons. The number of para-hydroxylation sites is 1. The van der Waals surface area contributed by atoms with E-state index in [2.05, 4.69) is 10.6 Å². The summed E-state index contributed by atoms with van der Waals surface area (Å²) < 4.78 is 0. The van der Waals surface area contributed by atoms with Gasteiger partial charge in [0.2, 0.25) is 5.78 Å². The Morgan fingerprint density at radius 2 is 1.72 bits per heavy atom. The van der Waals surface area contributed by atoms with E-state index in [0.717, 1.165) is 4.88 Å². The van der Waals surface area contributed by atoms with Crippen LogP contribution in [0.3, 0.4) is 0 Å². The SMILES string of the molecule is O=C(NCc1ccc(C(=O)c2ccsc2)s1)C(=O)Nc1ccccc1. The van der Waals surface area contributed by atoms with Gasteiger partial charge in [-0.15, -0.1) is 11.3 Å². The summed E-state index contributed by atoms with van der Waals surface area (Å²) in [7, 11) is 0. The second-order valence-corrected chi connectivity index (χ2v) is 7.06. The molecule has 2 aromatic heterocycles. The fraction of sp³-hybridized carbons (Fsp3) is 0.0556. The molecule has 3 aromatic rings. The highest BCUT2D eigenvalue weighted by atomic mass is 32.1. The van der Waals surface area contributed by atoms with E-state index in [1.165, 1.54) is 22.7 Å². The van der Waals surface area contributed by atoms with E-state index in [9.17, 15) is 14.4 Å². The Kier molecular flexibility index (Phi) is 5.37. The van der Waals surface area contributed by atoms with Crippen molar-refractivity contribution in [2.24, 2.45) is 0 Å². The van der Waals surface area contributed by atoms with Gasteiger partial charge in [-0.05, 0) is 35.7 Å². The molecule has 2 N–H and O–H groups in total. The molecule has 0 saturated carbocycles. The molecule has 0 unspecified atom stereocenters. The van der Waals surface area contributed by atoms with Crippen LogP contribution in [0, 0.1) is 0 Å². The minimum Gasteiger partial charge on any atom is -0.343 e. The van der Waals surface area contributed by atoms with E-state index in [0.29, 0.717) is 16.1 Å². The first-order valence-electron chi connectivity index (χ1n) is 7.43. The molecule has 0 aliphatic carbocycles. The minimum atomic E-state index is -0.725. The highest BCUT2D eigenvalue weighted by Gasteiger charge is 2.15. The molecule has 0 atom stereocenters. The van der Waals surface area contributed by atoms with Crippen LogP contribution in [0.1, 0.15) is 20.1 Å². The summed E-state index contributed by atoms with van der Waals surface area (Å²) in [6.45, 7) is 0.197. The first-order chi connectivity index (χ1) is 12.1. The van der Waals surface area contributed by atoms with E-state index in [1.807, 2.05) is 11.4 Å². The number of carbonyl (C=O) groups excluding carboxylic acids is 3. The maximum absolute atomic E-state index is 12.2. The lowest BCUT2D eigenvalue weighted by molar-refractivity contribution is -0.136. The number of thiophene rings is 2. The van der Waals surface area contributed by atoms with Gasteiger partial charge in [0.05, 0.1) is 11.4 Å². The molecule has 0 bridgehead atoms. The Morgan fingerprint density at radius 1 is 0.920 bits per heavy atom. The predicted octanol–water partition coefficient (Wildman–Crippen LogP) is 3.30. The lowest BCUT2D eigenvalue weighted by atomic mass is 10.2. The summed E-state index contributed by atoms with van der Waals surface area (Å²) in [5.74, 6) is -1.48. The van der Waals surface area contributed by atoms with Crippen LogP contribution >= 0.6 is 22.7 Å². The molecular weight excluding hydrogens is 356 g/mol. The van der Waals surface area contributed by atoms with Crippen molar-refractivity contribution >= 4 is 46.0 Å². The number of nitrogens with one attached hydrogen (secondary N) is 2. The number of hydrogen-bond donors (Lipinski definition) is 2. The fourth-order valence-corrected chi connectivity index (χ4v) is 3.63. The van der Waals surface area contributed by atoms with E-state index in [1.54, 1.807) is 47.8 Å². The molecule has 0 aliphatic rings. The average molecular weight is 370 g/mol.